The Balaban J connectivity index is 2.14. The van der Waals surface area contributed by atoms with E-state index in [1.165, 1.54) is 0 Å². The molecule has 0 saturated heterocycles. The van der Waals surface area contributed by atoms with Gasteiger partial charge in [-0.05, 0) is 34.6 Å². The van der Waals surface area contributed by atoms with Gasteiger partial charge in [-0.1, -0.05) is 0 Å². The second-order valence-corrected chi connectivity index (χ2v) is 6.33. The van der Waals surface area contributed by atoms with Crippen LogP contribution in [0.2, 0.25) is 0 Å². The van der Waals surface area contributed by atoms with Gasteiger partial charge in [0.15, 0.2) is 0 Å². The normalized spacial score (nSPS) is 12.5. The monoisotopic (exact) mass is 320 g/mol. The molecular formula is C16H24N4OS. The summed E-state index contributed by atoms with van der Waals surface area (Å²) in [7, 11) is 2.04. The second-order valence-electron chi connectivity index (χ2n) is 5.44. The number of nitrogens with zero attached hydrogens (tertiary/aromatic N) is 4. The molecule has 2 aromatic heterocycles. The van der Waals surface area contributed by atoms with Gasteiger partial charge in [0.2, 0.25) is 0 Å². The predicted molar refractivity (Wildman–Crippen MR) is 90.5 cm³/mol. The molecule has 0 N–H and O–H groups in total. The van der Waals surface area contributed by atoms with Gasteiger partial charge < -0.3 is 9.64 Å². The Labute approximate surface area is 136 Å². The van der Waals surface area contributed by atoms with E-state index in [0.29, 0.717) is 6.61 Å². The molecule has 1 unspecified atom stereocenters. The highest BCUT2D eigenvalue weighted by Crippen LogP contribution is 2.24. The molecule has 0 amide bonds. The minimum absolute atomic E-state index is 0.0549. The third-order valence-corrected chi connectivity index (χ3v) is 4.62. The first-order chi connectivity index (χ1) is 10.4. The molecule has 0 spiro atoms. The van der Waals surface area contributed by atoms with Crippen molar-refractivity contribution in [2.45, 2.75) is 47.3 Å². The maximum absolute atomic E-state index is 5.60. The van der Waals surface area contributed by atoms with E-state index in [4.69, 9.17) is 4.74 Å². The van der Waals surface area contributed by atoms with Gasteiger partial charge in [0.25, 0.3) is 0 Å². The largest absolute Gasteiger partial charge is 0.372 e. The first-order valence-electron chi connectivity index (χ1n) is 7.51. The third-order valence-electron chi connectivity index (χ3n) is 3.57. The first kappa shape index (κ1) is 16.8. The molecule has 0 bridgehead atoms. The van der Waals surface area contributed by atoms with Crippen LogP contribution >= 0.6 is 11.3 Å². The zero-order valence-corrected chi connectivity index (χ0v) is 15.0. The van der Waals surface area contributed by atoms with Crippen molar-refractivity contribution < 1.29 is 4.74 Å². The van der Waals surface area contributed by atoms with Crippen molar-refractivity contribution in [3.05, 3.63) is 33.2 Å². The Kier molecular flexibility index (Phi) is 5.47. The Morgan fingerprint density at radius 2 is 1.95 bits per heavy atom. The Morgan fingerprint density at radius 1 is 1.23 bits per heavy atom. The number of hydrogen-bond acceptors (Lipinski definition) is 6. The summed E-state index contributed by atoms with van der Waals surface area (Å²) in [6.45, 7) is 11.5. The quantitative estimate of drug-likeness (QED) is 0.814. The lowest BCUT2D eigenvalue weighted by Gasteiger charge is -2.20. The van der Waals surface area contributed by atoms with Crippen LogP contribution in [0.4, 0.5) is 5.82 Å². The van der Waals surface area contributed by atoms with Crippen LogP contribution in [0.25, 0.3) is 0 Å². The Bertz CT molecular complexity index is 641. The van der Waals surface area contributed by atoms with Gasteiger partial charge in [0.05, 0.1) is 12.2 Å². The van der Waals surface area contributed by atoms with Crippen molar-refractivity contribution in [2.24, 2.45) is 0 Å². The fourth-order valence-corrected chi connectivity index (χ4v) is 3.16. The molecule has 5 nitrogen and oxygen atoms in total. The molecule has 0 aliphatic carbocycles. The van der Waals surface area contributed by atoms with Crippen LogP contribution in [0, 0.1) is 20.8 Å². The van der Waals surface area contributed by atoms with Crippen LogP contribution in [0.15, 0.2) is 5.38 Å². The highest BCUT2D eigenvalue weighted by atomic mass is 32.1. The molecule has 120 valence electrons. The Hall–Kier alpha value is -1.53. The van der Waals surface area contributed by atoms with Crippen LogP contribution in [-0.4, -0.2) is 28.6 Å². The summed E-state index contributed by atoms with van der Waals surface area (Å²) in [5, 5.41) is 3.12. The summed E-state index contributed by atoms with van der Waals surface area (Å²) in [6.07, 6.45) is 0.0549. The van der Waals surface area contributed by atoms with Gasteiger partial charge in [-0.2, -0.15) is 0 Å². The summed E-state index contributed by atoms with van der Waals surface area (Å²) in [6, 6.07) is 0. The summed E-state index contributed by atoms with van der Waals surface area (Å²) >= 11 is 1.65. The van der Waals surface area contributed by atoms with Gasteiger partial charge in [0, 0.05) is 30.3 Å². The molecule has 2 aromatic rings. The molecule has 0 saturated carbocycles. The van der Waals surface area contributed by atoms with Crippen LogP contribution in [0.1, 0.15) is 47.7 Å². The van der Waals surface area contributed by atoms with E-state index in [9.17, 15) is 0 Å². The van der Waals surface area contributed by atoms with E-state index in [-0.39, 0.29) is 6.10 Å². The molecule has 6 heteroatoms. The SMILES string of the molecule is CCOC(C)c1nc(CN(C)c2nc(C)nc(C)c2C)cs1. The van der Waals surface area contributed by atoms with E-state index in [2.05, 4.69) is 32.2 Å². The highest BCUT2D eigenvalue weighted by molar-refractivity contribution is 7.09. The average Bonchev–Trinajstić information content (AvgIpc) is 2.91. The van der Waals surface area contributed by atoms with E-state index in [0.717, 1.165) is 40.1 Å². The van der Waals surface area contributed by atoms with E-state index >= 15 is 0 Å². The number of anilines is 1. The number of rotatable bonds is 6. The molecular weight excluding hydrogens is 296 g/mol. The van der Waals surface area contributed by atoms with Gasteiger partial charge in [-0.25, -0.2) is 15.0 Å². The van der Waals surface area contributed by atoms with Crippen molar-refractivity contribution in [1.29, 1.82) is 0 Å². The summed E-state index contributed by atoms with van der Waals surface area (Å²) < 4.78 is 5.60. The molecule has 0 aliphatic rings. The molecule has 1 atom stereocenters. The smallest absolute Gasteiger partial charge is 0.135 e. The van der Waals surface area contributed by atoms with Crippen LogP contribution in [0.5, 0.6) is 0 Å². The number of ether oxygens (including phenoxy) is 1. The van der Waals surface area contributed by atoms with Crippen LogP contribution < -0.4 is 4.90 Å². The van der Waals surface area contributed by atoms with Crippen molar-refractivity contribution in [2.75, 3.05) is 18.6 Å². The van der Waals surface area contributed by atoms with Gasteiger partial charge in [-0.3, -0.25) is 0 Å². The first-order valence-corrected chi connectivity index (χ1v) is 8.39. The average molecular weight is 320 g/mol. The van der Waals surface area contributed by atoms with Crippen molar-refractivity contribution in [3.8, 4) is 0 Å². The van der Waals surface area contributed by atoms with Crippen LogP contribution in [-0.2, 0) is 11.3 Å². The molecule has 2 rings (SSSR count). The summed E-state index contributed by atoms with van der Waals surface area (Å²) in [4.78, 5) is 15.8. The number of hydrogen-bond donors (Lipinski definition) is 0. The molecule has 22 heavy (non-hydrogen) atoms. The maximum atomic E-state index is 5.60. The fraction of sp³-hybridized carbons (Fsp3) is 0.562. The molecule has 0 fully saturated rings. The predicted octanol–water partition coefficient (Wildman–Crippen LogP) is 3.59. The standard InChI is InChI=1S/C16H24N4OS/c1-7-21-12(4)16-19-14(9-22-16)8-20(6)15-10(2)11(3)17-13(5)18-15/h9,12H,7-8H2,1-6H3. The van der Waals surface area contributed by atoms with E-state index < -0.39 is 0 Å². The third kappa shape index (κ3) is 3.81. The van der Waals surface area contributed by atoms with Gasteiger partial charge in [-0.15, -0.1) is 11.3 Å². The zero-order valence-electron chi connectivity index (χ0n) is 14.2. The van der Waals surface area contributed by atoms with Gasteiger partial charge >= 0.3 is 0 Å². The number of aromatic nitrogens is 3. The van der Waals surface area contributed by atoms with Crippen molar-refractivity contribution >= 4 is 17.2 Å². The zero-order chi connectivity index (χ0) is 16.3. The highest BCUT2D eigenvalue weighted by Gasteiger charge is 2.14. The lowest BCUT2D eigenvalue weighted by Crippen LogP contribution is -2.20. The number of aryl methyl sites for hydroxylation is 2. The fourth-order valence-electron chi connectivity index (χ4n) is 2.34. The molecule has 0 aliphatic heterocycles. The minimum Gasteiger partial charge on any atom is -0.372 e. The van der Waals surface area contributed by atoms with Gasteiger partial charge in [0.1, 0.15) is 22.8 Å². The van der Waals surface area contributed by atoms with Crippen molar-refractivity contribution in [3.63, 3.8) is 0 Å². The molecule has 2 heterocycles. The summed E-state index contributed by atoms with van der Waals surface area (Å²) in [5.41, 5.74) is 3.19. The van der Waals surface area contributed by atoms with Crippen LogP contribution in [0.3, 0.4) is 0 Å². The van der Waals surface area contributed by atoms with Crippen molar-refractivity contribution in [1.82, 2.24) is 15.0 Å². The minimum atomic E-state index is 0.0549. The summed E-state index contributed by atoms with van der Waals surface area (Å²) in [5.74, 6) is 1.77. The molecule has 0 radical (unpaired) electrons. The lowest BCUT2D eigenvalue weighted by atomic mass is 10.2. The second kappa shape index (κ2) is 7.15. The molecule has 0 aromatic carbocycles. The Morgan fingerprint density at radius 3 is 2.64 bits per heavy atom. The lowest BCUT2D eigenvalue weighted by molar-refractivity contribution is 0.0761. The topological polar surface area (TPSA) is 51.1 Å². The van der Waals surface area contributed by atoms with E-state index in [1.807, 2.05) is 34.7 Å². The number of thiazole rings is 1. The maximum Gasteiger partial charge on any atom is 0.135 e. The van der Waals surface area contributed by atoms with E-state index in [1.54, 1.807) is 11.3 Å².